The smallest absolute Gasteiger partial charge is 0.308 e. The Kier molecular flexibility index (Phi) is 6.05. The molecule has 1 saturated carbocycles. The summed E-state index contributed by atoms with van der Waals surface area (Å²) in [6.45, 7) is 4.57. The Labute approximate surface area is 125 Å². The monoisotopic (exact) mass is 295 g/mol. The fourth-order valence-electron chi connectivity index (χ4n) is 2.99. The van der Waals surface area contributed by atoms with Crippen LogP contribution in [0.5, 0.6) is 0 Å². The summed E-state index contributed by atoms with van der Waals surface area (Å²) in [5, 5.41) is 5.86. The van der Waals surface area contributed by atoms with Crippen molar-refractivity contribution in [1.29, 1.82) is 0 Å². The van der Waals surface area contributed by atoms with Crippen LogP contribution >= 0.6 is 11.3 Å². The molecule has 0 spiro atoms. The molecule has 1 aromatic heterocycles. The molecule has 1 aliphatic carbocycles. The second-order valence-electron chi connectivity index (χ2n) is 5.46. The highest BCUT2D eigenvalue weighted by Gasteiger charge is 2.29. The number of nitrogens with one attached hydrogen (secondary N) is 1. The van der Waals surface area contributed by atoms with Crippen LogP contribution in [0.15, 0.2) is 17.5 Å². The highest BCUT2D eigenvalue weighted by atomic mass is 32.1. The van der Waals surface area contributed by atoms with Crippen LogP contribution in [0, 0.1) is 5.92 Å². The van der Waals surface area contributed by atoms with E-state index in [1.807, 2.05) is 6.92 Å². The van der Waals surface area contributed by atoms with E-state index in [1.165, 1.54) is 4.88 Å². The van der Waals surface area contributed by atoms with E-state index in [-0.39, 0.29) is 11.9 Å². The van der Waals surface area contributed by atoms with Gasteiger partial charge in [0.05, 0.1) is 12.5 Å². The van der Waals surface area contributed by atoms with Crippen molar-refractivity contribution >= 4 is 17.3 Å². The SMILES string of the molecule is CCOC(=O)C1CCCC(NC(CC)c2cccs2)C1. The van der Waals surface area contributed by atoms with Gasteiger partial charge in [0.25, 0.3) is 0 Å². The van der Waals surface area contributed by atoms with Crippen molar-refractivity contribution in [2.45, 2.75) is 58.0 Å². The molecule has 0 aromatic carbocycles. The number of ether oxygens (including phenoxy) is 1. The summed E-state index contributed by atoms with van der Waals surface area (Å²) < 4.78 is 5.17. The summed E-state index contributed by atoms with van der Waals surface area (Å²) in [5.41, 5.74) is 0. The molecule has 1 heterocycles. The van der Waals surface area contributed by atoms with Gasteiger partial charge >= 0.3 is 5.97 Å². The second kappa shape index (κ2) is 7.79. The first-order chi connectivity index (χ1) is 9.74. The second-order valence-corrected chi connectivity index (χ2v) is 6.43. The Balaban J connectivity index is 1.90. The quantitative estimate of drug-likeness (QED) is 0.809. The molecule has 1 aromatic rings. The van der Waals surface area contributed by atoms with E-state index in [9.17, 15) is 4.79 Å². The van der Waals surface area contributed by atoms with Crippen LogP contribution in [0.25, 0.3) is 0 Å². The molecule has 1 N–H and O–H groups in total. The molecule has 3 unspecified atom stereocenters. The van der Waals surface area contributed by atoms with E-state index < -0.39 is 0 Å². The largest absolute Gasteiger partial charge is 0.466 e. The lowest BCUT2D eigenvalue weighted by Gasteiger charge is -2.31. The van der Waals surface area contributed by atoms with Gasteiger partial charge in [-0.05, 0) is 44.1 Å². The third-order valence-electron chi connectivity index (χ3n) is 4.03. The Morgan fingerprint density at radius 2 is 2.35 bits per heavy atom. The third kappa shape index (κ3) is 4.06. The fraction of sp³-hybridized carbons (Fsp3) is 0.688. The zero-order chi connectivity index (χ0) is 14.4. The fourth-order valence-corrected chi connectivity index (χ4v) is 3.86. The van der Waals surface area contributed by atoms with Crippen molar-refractivity contribution in [3.05, 3.63) is 22.4 Å². The number of hydrogen-bond donors (Lipinski definition) is 1. The van der Waals surface area contributed by atoms with Gasteiger partial charge in [0, 0.05) is 17.0 Å². The molecule has 0 saturated heterocycles. The molecule has 0 radical (unpaired) electrons. The molecule has 0 amide bonds. The zero-order valence-corrected chi connectivity index (χ0v) is 13.2. The number of thiophene rings is 1. The molecule has 3 nitrogen and oxygen atoms in total. The number of esters is 1. The van der Waals surface area contributed by atoms with Crippen LogP contribution in [0.3, 0.4) is 0 Å². The van der Waals surface area contributed by atoms with Crippen LogP contribution in [0.2, 0.25) is 0 Å². The van der Waals surface area contributed by atoms with E-state index in [0.29, 0.717) is 18.7 Å². The maximum Gasteiger partial charge on any atom is 0.308 e. The van der Waals surface area contributed by atoms with Crippen molar-refractivity contribution in [2.75, 3.05) is 6.61 Å². The van der Waals surface area contributed by atoms with Crippen LogP contribution in [0.4, 0.5) is 0 Å². The number of carbonyl (C=O) groups is 1. The molecule has 3 atom stereocenters. The van der Waals surface area contributed by atoms with Gasteiger partial charge in [-0.25, -0.2) is 0 Å². The van der Waals surface area contributed by atoms with Crippen LogP contribution in [-0.4, -0.2) is 18.6 Å². The van der Waals surface area contributed by atoms with Crippen LogP contribution < -0.4 is 5.32 Å². The summed E-state index contributed by atoms with van der Waals surface area (Å²) in [5.74, 6) is 0.0743. The lowest BCUT2D eigenvalue weighted by Crippen LogP contribution is -2.38. The molecular formula is C16H25NO2S. The van der Waals surface area contributed by atoms with E-state index >= 15 is 0 Å². The summed E-state index contributed by atoms with van der Waals surface area (Å²) in [7, 11) is 0. The van der Waals surface area contributed by atoms with Gasteiger partial charge in [-0.2, -0.15) is 0 Å². The van der Waals surface area contributed by atoms with Crippen molar-refractivity contribution in [2.24, 2.45) is 5.92 Å². The zero-order valence-electron chi connectivity index (χ0n) is 12.4. The first-order valence-electron chi connectivity index (χ1n) is 7.70. The minimum absolute atomic E-state index is 0.0110. The van der Waals surface area contributed by atoms with E-state index in [2.05, 4.69) is 29.8 Å². The lowest BCUT2D eigenvalue weighted by molar-refractivity contribution is -0.149. The highest BCUT2D eigenvalue weighted by Crippen LogP contribution is 2.29. The Hall–Kier alpha value is -0.870. The average molecular weight is 295 g/mol. The standard InChI is InChI=1S/C16H25NO2S/c1-3-14(15-9-6-10-20-15)17-13-8-5-7-12(11-13)16(18)19-4-2/h6,9-10,12-14,17H,3-5,7-8,11H2,1-2H3. The van der Waals surface area contributed by atoms with Gasteiger partial charge in [-0.3, -0.25) is 4.79 Å². The molecule has 112 valence electrons. The average Bonchev–Trinajstić information content (AvgIpc) is 2.99. The lowest BCUT2D eigenvalue weighted by atomic mass is 9.85. The summed E-state index contributed by atoms with van der Waals surface area (Å²) in [6.07, 6.45) is 5.26. The number of hydrogen-bond acceptors (Lipinski definition) is 4. The highest BCUT2D eigenvalue weighted by molar-refractivity contribution is 7.10. The predicted octanol–water partition coefficient (Wildman–Crippen LogP) is 3.91. The molecular weight excluding hydrogens is 270 g/mol. The first kappa shape index (κ1) is 15.5. The molecule has 1 aliphatic rings. The van der Waals surface area contributed by atoms with E-state index in [0.717, 1.165) is 32.1 Å². The maximum absolute atomic E-state index is 11.9. The minimum atomic E-state index is -0.0110. The van der Waals surface area contributed by atoms with Gasteiger partial charge in [0.2, 0.25) is 0 Å². The normalized spacial score (nSPS) is 24.3. The summed E-state index contributed by atoms with van der Waals surface area (Å²) >= 11 is 1.81. The Morgan fingerprint density at radius 3 is 3.00 bits per heavy atom. The molecule has 1 fully saturated rings. The van der Waals surface area contributed by atoms with Gasteiger partial charge in [0.15, 0.2) is 0 Å². The number of rotatable bonds is 6. The minimum Gasteiger partial charge on any atom is -0.466 e. The Bertz CT molecular complexity index is 405. The van der Waals surface area contributed by atoms with Crippen molar-refractivity contribution in [3.63, 3.8) is 0 Å². The van der Waals surface area contributed by atoms with Crippen molar-refractivity contribution < 1.29 is 9.53 Å². The van der Waals surface area contributed by atoms with Gasteiger partial charge < -0.3 is 10.1 Å². The molecule has 0 aliphatic heterocycles. The topological polar surface area (TPSA) is 38.3 Å². The first-order valence-corrected chi connectivity index (χ1v) is 8.58. The summed E-state index contributed by atoms with van der Waals surface area (Å²) in [6, 6.07) is 5.15. The summed E-state index contributed by atoms with van der Waals surface area (Å²) in [4.78, 5) is 13.3. The van der Waals surface area contributed by atoms with Crippen molar-refractivity contribution in [3.8, 4) is 0 Å². The number of carbonyl (C=O) groups excluding carboxylic acids is 1. The van der Waals surface area contributed by atoms with Crippen LogP contribution in [0.1, 0.15) is 56.9 Å². The molecule has 4 heteroatoms. The molecule has 2 rings (SSSR count). The van der Waals surface area contributed by atoms with Gasteiger partial charge in [-0.1, -0.05) is 19.4 Å². The maximum atomic E-state index is 11.9. The van der Waals surface area contributed by atoms with E-state index in [4.69, 9.17) is 4.74 Å². The van der Waals surface area contributed by atoms with Gasteiger partial charge in [0.1, 0.15) is 0 Å². The Morgan fingerprint density at radius 1 is 1.50 bits per heavy atom. The van der Waals surface area contributed by atoms with Gasteiger partial charge in [-0.15, -0.1) is 11.3 Å². The molecule has 0 bridgehead atoms. The third-order valence-corrected chi connectivity index (χ3v) is 5.01. The van der Waals surface area contributed by atoms with Crippen LogP contribution in [-0.2, 0) is 9.53 Å². The molecule has 20 heavy (non-hydrogen) atoms. The van der Waals surface area contributed by atoms with Crippen molar-refractivity contribution in [1.82, 2.24) is 5.32 Å². The predicted molar refractivity (Wildman–Crippen MR) is 82.9 cm³/mol. The van der Waals surface area contributed by atoms with E-state index in [1.54, 1.807) is 11.3 Å².